The maximum Gasteiger partial charge on any atom is 0.323 e. The molecule has 0 heterocycles. The van der Waals surface area contributed by atoms with Crippen molar-refractivity contribution in [3.63, 3.8) is 0 Å². The van der Waals surface area contributed by atoms with E-state index in [1.165, 1.54) is 22.2 Å². The van der Waals surface area contributed by atoms with Crippen LogP contribution < -0.4 is 0 Å². The summed E-state index contributed by atoms with van der Waals surface area (Å²) in [6.07, 6.45) is 9.30. The second-order valence-corrected chi connectivity index (χ2v) is 10.2. The Bertz CT molecular complexity index is 1160. The molecule has 2 aromatic carbocycles. The van der Waals surface area contributed by atoms with Crippen LogP contribution in [0.15, 0.2) is 109 Å². The van der Waals surface area contributed by atoms with E-state index in [9.17, 15) is 9.59 Å². The van der Waals surface area contributed by atoms with Gasteiger partial charge in [-0.05, 0) is 29.7 Å². The first-order valence-corrected chi connectivity index (χ1v) is 13.9. The van der Waals surface area contributed by atoms with Gasteiger partial charge in [0.25, 0.3) is 0 Å². The van der Waals surface area contributed by atoms with Gasteiger partial charge < -0.3 is 19.5 Å². The number of carbonyl (C=O) groups is 2. The maximum absolute atomic E-state index is 12.7. The van der Waals surface area contributed by atoms with Crippen molar-refractivity contribution in [2.24, 2.45) is 0 Å². The van der Waals surface area contributed by atoms with Gasteiger partial charge in [-0.15, -0.1) is 11.8 Å². The average molecular weight is 566 g/mol. The summed E-state index contributed by atoms with van der Waals surface area (Å²) < 4.78 is 13.8. The Morgan fingerprint density at radius 2 is 1.74 bits per heavy atom. The van der Waals surface area contributed by atoms with E-state index in [4.69, 9.17) is 26.8 Å². The number of allylic oxidation sites excluding steroid dienone is 4. The standard InChI is InChI=1S/C31H35NO5S2/c1-4-13-27(36-21-24(2)26-16-9-6-10-17-26)28(37-22-25-14-7-5-8-15-25)18-11-12-19-29(39-23-38)31(35)32(3)20-30(33)34/h4-10,12-19,23-24,29H,1,11,20-22H2,2-3H3,(H,33,34)/b19-12?,27-13+,28-18+. The second kappa shape index (κ2) is 17.8. The van der Waals surface area contributed by atoms with Crippen LogP contribution in [0.2, 0.25) is 0 Å². The number of thiocarbonyl (C=S) groups is 1. The SMILES string of the molecule is C=C/C=C(OCC(C)c1ccccc1)\C(=C/CC=CC(SC=S)C(=O)N(C)CC(=O)O)OCc1ccccc1. The molecule has 0 aromatic heterocycles. The molecule has 8 heteroatoms. The van der Waals surface area contributed by atoms with Gasteiger partial charge in [0.1, 0.15) is 18.4 Å². The molecule has 2 atom stereocenters. The van der Waals surface area contributed by atoms with E-state index in [1.807, 2.05) is 60.7 Å². The van der Waals surface area contributed by atoms with Crippen molar-refractivity contribution in [3.8, 4) is 0 Å². The number of likely N-dealkylation sites (N-methyl/N-ethyl adjacent to an activating group) is 1. The molecule has 0 bridgehead atoms. The second-order valence-electron chi connectivity index (χ2n) is 8.64. The molecule has 0 aliphatic rings. The molecule has 0 saturated heterocycles. The molecule has 6 nitrogen and oxygen atoms in total. The Balaban J connectivity index is 2.20. The van der Waals surface area contributed by atoms with Crippen LogP contribution in [0.4, 0.5) is 0 Å². The topological polar surface area (TPSA) is 76.1 Å². The maximum atomic E-state index is 12.7. The smallest absolute Gasteiger partial charge is 0.323 e. The van der Waals surface area contributed by atoms with Crippen LogP contribution >= 0.6 is 24.0 Å². The summed E-state index contributed by atoms with van der Waals surface area (Å²) in [5, 5.41) is 8.37. The first kappa shape index (κ1) is 31.6. The van der Waals surface area contributed by atoms with Crippen molar-refractivity contribution >= 4 is 40.6 Å². The van der Waals surface area contributed by atoms with Crippen molar-refractivity contribution in [1.29, 1.82) is 0 Å². The highest BCUT2D eigenvalue weighted by atomic mass is 32.2. The molecule has 1 N–H and O–H groups in total. The number of hydrogen-bond donors (Lipinski definition) is 1. The van der Waals surface area contributed by atoms with Crippen LogP contribution in [-0.4, -0.2) is 52.0 Å². The van der Waals surface area contributed by atoms with E-state index in [2.05, 4.69) is 25.6 Å². The number of thioether (sulfide) groups is 1. The zero-order chi connectivity index (χ0) is 28.5. The lowest BCUT2D eigenvalue weighted by Crippen LogP contribution is -2.37. The van der Waals surface area contributed by atoms with Crippen molar-refractivity contribution < 1.29 is 24.2 Å². The summed E-state index contributed by atoms with van der Waals surface area (Å²) in [6, 6.07) is 20.0. The van der Waals surface area contributed by atoms with E-state index in [0.29, 0.717) is 31.2 Å². The number of aliphatic carboxylic acids is 1. The fourth-order valence-electron chi connectivity index (χ4n) is 3.49. The van der Waals surface area contributed by atoms with Crippen molar-refractivity contribution in [2.45, 2.75) is 31.1 Å². The summed E-state index contributed by atoms with van der Waals surface area (Å²) in [4.78, 5) is 24.8. The molecule has 2 rings (SSSR count). The van der Waals surface area contributed by atoms with E-state index >= 15 is 0 Å². The van der Waals surface area contributed by atoms with E-state index in [-0.39, 0.29) is 18.4 Å². The largest absolute Gasteiger partial charge is 0.489 e. The van der Waals surface area contributed by atoms with Gasteiger partial charge in [-0.1, -0.05) is 105 Å². The van der Waals surface area contributed by atoms with Crippen molar-refractivity contribution in [3.05, 3.63) is 120 Å². The summed E-state index contributed by atoms with van der Waals surface area (Å²) in [5.41, 5.74) is 2.19. The number of carboxylic acid groups (broad SMARTS) is 1. The van der Waals surface area contributed by atoms with E-state index < -0.39 is 11.2 Å². The minimum Gasteiger partial charge on any atom is -0.489 e. The first-order chi connectivity index (χ1) is 18.8. The fourth-order valence-corrected chi connectivity index (χ4v) is 4.46. The van der Waals surface area contributed by atoms with Gasteiger partial charge >= 0.3 is 5.97 Å². The predicted molar refractivity (Wildman–Crippen MR) is 162 cm³/mol. The third-order valence-corrected chi connectivity index (χ3v) is 6.65. The summed E-state index contributed by atoms with van der Waals surface area (Å²) >= 11 is 6.07. The number of benzene rings is 2. The molecule has 2 aromatic rings. The molecule has 206 valence electrons. The molecule has 0 spiro atoms. The Hall–Kier alpha value is -3.62. The number of nitrogens with zero attached hydrogens (tertiary/aromatic N) is 1. The molecule has 0 aliphatic carbocycles. The highest BCUT2D eigenvalue weighted by Crippen LogP contribution is 2.22. The van der Waals surface area contributed by atoms with E-state index in [1.54, 1.807) is 18.2 Å². The first-order valence-electron chi connectivity index (χ1n) is 12.5. The van der Waals surface area contributed by atoms with Gasteiger partial charge in [0.15, 0.2) is 11.5 Å². The van der Waals surface area contributed by atoms with Gasteiger partial charge in [0.05, 0.1) is 6.61 Å². The Morgan fingerprint density at radius 3 is 2.36 bits per heavy atom. The average Bonchev–Trinajstić information content (AvgIpc) is 2.94. The number of amides is 1. The normalized spacial score (nSPS) is 13.4. The lowest BCUT2D eigenvalue weighted by Gasteiger charge is -2.19. The lowest BCUT2D eigenvalue weighted by atomic mass is 10.0. The predicted octanol–water partition coefficient (Wildman–Crippen LogP) is 6.53. The number of carboxylic acids is 1. The quantitative estimate of drug-likeness (QED) is 0.101. The molecule has 0 fully saturated rings. The Kier molecular flexibility index (Phi) is 14.4. The Morgan fingerprint density at radius 1 is 1.08 bits per heavy atom. The summed E-state index contributed by atoms with van der Waals surface area (Å²) in [6.45, 7) is 6.35. The van der Waals surface area contributed by atoms with Crippen LogP contribution in [0.25, 0.3) is 0 Å². The minimum atomic E-state index is -1.08. The fraction of sp³-hybridized carbons (Fsp3) is 0.258. The van der Waals surface area contributed by atoms with Crippen LogP contribution in [-0.2, 0) is 25.7 Å². The molecule has 0 radical (unpaired) electrons. The van der Waals surface area contributed by atoms with Crippen LogP contribution in [0.5, 0.6) is 0 Å². The summed E-state index contributed by atoms with van der Waals surface area (Å²) in [5.74, 6) is -0.144. The number of rotatable bonds is 17. The van der Waals surface area contributed by atoms with Gasteiger partial charge in [0, 0.05) is 17.7 Å². The van der Waals surface area contributed by atoms with Gasteiger partial charge in [0.2, 0.25) is 5.91 Å². The lowest BCUT2D eigenvalue weighted by molar-refractivity contribution is -0.142. The molecular formula is C31H35NO5S2. The molecule has 0 saturated carbocycles. The van der Waals surface area contributed by atoms with E-state index in [0.717, 1.165) is 17.3 Å². The minimum absolute atomic E-state index is 0.163. The number of ether oxygens (including phenoxy) is 2. The van der Waals surface area contributed by atoms with Gasteiger partial charge in [-0.25, -0.2) is 0 Å². The monoisotopic (exact) mass is 565 g/mol. The van der Waals surface area contributed by atoms with Crippen LogP contribution in [0, 0.1) is 0 Å². The van der Waals surface area contributed by atoms with Crippen LogP contribution in [0.3, 0.4) is 0 Å². The molecular weight excluding hydrogens is 530 g/mol. The highest BCUT2D eigenvalue weighted by molar-refractivity contribution is 8.21. The molecule has 0 aliphatic heterocycles. The summed E-state index contributed by atoms with van der Waals surface area (Å²) in [7, 11) is 1.46. The van der Waals surface area contributed by atoms with Crippen LogP contribution in [0.1, 0.15) is 30.4 Å². The third-order valence-electron chi connectivity index (χ3n) is 5.55. The number of carbonyl (C=O) groups excluding carboxylic acids is 1. The zero-order valence-electron chi connectivity index (χ0n) is 22.3. The van der Waals surface area contributed by atoms with Crippen molar-refractivity contribution in [2.75, 3.05) is 20.2 Å². The Labute approximate surface area is 240 Å². The van der Waals surface area contributed by atoms with Gasteiger partial charge in [-0.3, -0.25) is 9.59 Å². The highest BCUT2D eigenvalue weighted by Gasteiger charge is 2.21. The van der Waals surface area contributed by atoms with Gasteiger partial charge in [-0.2, -0.15) is 0 Å². The molecule has 2 unspecified atom stereocenters. The number of hydrogen-bond acceptors (Lipinski definition) is 6. The zero-order valence-corrected chi connectivity index (χ0v) is 23.9. The molecule has 39 heavy (non-hydrogen) atoms. The third kappa shape index (κ3) is 11.8. The van der Waals surface area contributed by atoms with Crippen molar-refractivity contribution in [1.82, 2.24) is 4.90 Å². The molecule has 1 amide bonds.